The van der Waals surface area contributed by atoms with Crippen LogP contribution in [0.5, 0.6) is 0 Å². The molecule has 0 saturated heterocycles. The van der Waals surface area contributed by atoms with E-state index in [-0.39, 0.29) is 0 Å². The highest BCUT2D eigenvalue weighted by molar-refractivity contribution is 6.62. The lowest BCUT2D eigenvalue weighted by molar-refractivity contribution is -0.0554. The van der Waals surface area contributed by atoms with Gasteiger partial charge in [-0.3, -0.25) is 9.63 Å². The van der Waals surface area contributed by atoms with Crippen LogP contribution >= 0.6 is 11.6 Å². The fraction of sp³-hybridized carbons (Fsp3) is 0.667. The summed E-state index contributed by atoms with van der Waals surface area (Å²) in [5.74, 6) is 0. The van der Waals surface area contributed by atoms with Gasteiger partial charge in [0, 0.05) is 7.05 Å². The van der Waals surface area contributed by atoms with Crippen molar-refractivity contribution in [3.05, 3.63) is 0 Å². The maximum absolute atomic E-state index is 9.94. The lowest BCUT2D eigenvalue weighted by Gasteiger charge is -2.06. The van der Waals surface area contributed by atoms with Crippen molar-refractivity contribution in [2.75, 3.05) is 14.2 Å². The lowest BCUT2D eigenvalue weighted by Crippen LogP contribution is -2.18. The van der Waals surface area contributed by atoms with Gasteiger partial charge in [0.05, 0.1) is 7.11 Å². The summed E-state index contributed by atoms with van der Waals surface area (Å²) in [4.78, 5) is 14.3. The Labute approximate surface area is 46.8 Å². The topological polar surface area (TPSA) is 29.5 Å². The van der Waals surface area contributed by atoms with Gasteiger partial charge >= 0.3 is 5.37 Å². The summed E-state index contributed by atoms with van der Waals surface area (Å²) in [5.41, 5.74) is 0. The van der Waals surface area contributed by atoms with Gasteiger partial charge < -0.3 is 0 Å². The molecule has 0 radical (unpaired) electrons. The third-order valence-electron chi connectivity index (χ3n) is 0.521. The van der Waals surface area contributed by atoms with E-state index in [0.29, 0.717) is 0 Å². The van der Waals surface area contributed by atoms with E-state index in [1.165, 1.54) is 14.2 Å². The Morgan fingerprint density at radius 3 is 2.29 bits per heavy atom. The predicted molar refractivity (Wildman–Crippen MR) is 26.0 cm³/mol. The summed E-state index contributed by atoms with van der Waals surface area (Å²) in [7, 11) is 2.79. The van der Waals surface area contributed by atoms with Crippen LogP contribution in [0.25, 0.3) is 0 Å². The first-order valence-corrected chi connectivity index (χ1v) is 2.03. The smallest absolute Gasteiger partial charge is 0.274 e. The van der Waals surface area contributed by atoms with Crippen LogP contribution in [0, 0.1) is 0 Å². The molecule has 3 nitrogen and oxygen atoms in total. The van der Waals surface area contributed by atoms with Crippen molar-refractivity contribution in [3.63, 3.8) is 0 Å². The average molecular weight is 124 g/mol. The molecule has 42 valence electrons. The number of rotatable bonds is 1. The van der Waals surface area contributed by atoms with E-state index in [1.54, 1.807) is 0 Å². The van der Waals surface area contributed by atoms with Gasteiger partial charge in [-0.2, -0.15) is 0 Å². The standard InChI is InChI=1S/C3H6ClNO2/c1-5(7-2)3(4)6/h1-2H3. The molecule has 0 aromatic rings. The lowest BCUT2D eigenvalue weighted by atomic mass is 11.2. The Balaban J connectivity index is 3.34. The molecule has 0 heterocycles. The monoisotopic (exact) mass is 123 g/mol. The Hall–Kier alpha value is -0.280. The number of hydrogen-bond acceptors (Lipinski definition) is 2. The second-order valence-corrected chi connectivity index (χ2v) is 1.26. The number of carbonyl (C=O) groups excluding carboxylic acids is 1. The number of carbonyl (C=O) groups is 1. The van der Waals surface area contributed by atoms with Gasteiger partial charge in [0.2, 0.25) is 0 Å². The van der Waals surface area contributed by atoms with Crippen molar-refractivity contribution in [2.24, 2.45) is 0 Å². The molecule has 0 aromatic carbocycles. The first-order valence-electron chi connectivity index (χ1n) is 1.65. The summed E-state index contributed by atoms with van der Waals surface area (Å²) in [5, 5.41) is 0.296. The molecule has 0 spiro atoms. The van der Waals surface area contributed by atoms with Gasteiger partial charge in [-0.1, -0.05) is 0 Å². The Morgan fingerprint density at radius 1 is 1.86 bits per heavy atom. The van der Waals surface area contributed by atoms with Crippen molar-refractivity contribution in [1.29, 1.82) is 0 Å². The molecule has 0 aliphatic heterocycles. The molecule has 0 atom stereocenters. The minimum Gasteiger partial charge on any atom is -0.274 e. The molecule has 0 N–H and O–H groups in total. The normalized spacial score (nSPS) is 8.43. The first-order chi connectivity index (χ1) is 3.18. The van der Waals surface area contributed by atoms with Gasteiger partial charge in [0.15, 0.2) is 0 Å². The highest BCUT2D eigenvalue weighted by Crippen LogP contribution is 1.88. The minimum absolute atomic E-state index is 0.623. The van der Waals surface area contributed by atoms with E-state index < -0.39 is 5.37 Å². The third kappa shape index (κ3) is 2.42. The second-order valence-electron chi connectivity index (χ2n) is 0.933. The maximum Gasteiger partial charge on any atom is 0.339 e. The van der Waals surface area contributed by atoms with Crippen molar-refractivity contribution < 1.29 is 9.63 Å². The number of halogens is 1. The zero-order valence-corrected chi connectivity index (χ0v) is 4.90. The van der Waals surface area contributed by atoms with Crippen LogP contribution in [-0.2, 0) is 4.84 Å². The number of nitrogens with zero attached hydrogens (tertiary/aromatic N) is 1. The van der Waals surface area contributed by atoms with E-state index >= 15 is 0 Å². The van der Waals surface area contributed by atoms with Gasteiger partial charge in [0.25, 0.3) is 0 Å². The fourth-order valence-electron chi connectivity index (χ4n) is 0.0718. The molecule has 0 fully saturated rings. The zero-order chi connectivity index (χ0) is 5.86. The summed E-state index contributed by atoms with van der Waals surface area (Å²) >= 11 is 4.89. The second kappa shape index (κ2) is 2.82. The molecule has 0 aromatic heterocycles. The molecule has 0 bridgehead atoms. The zero-order valence-electron chi connectivity index (χ0n) is 4.14. The van der Waals surface area contributed by atoms with Crippen LogP contribution in [0.4, 0.5) is 4.79 Å². The molecule has 0 saturated carbocycles. The van der Waals surface area contributed by atoms with Crippen LogP contribution in [0.15, 0.2) is 0 Å². The summed E-state index contributed by atoms with van der Waals surface area (Å²) in [6, 6.07) is 0. The van der Waals surface area contributed by atoms with Crippen LogP contribution < -0.4 is 0 Å². The minimum atomic E-state index is -0.623. The van der Waals surface area contributed by atoms with Crippen LogP contribution in [0.3, 0.4) is 0 Å². The van der Waals surface area contributed by atoms with E-state index in [9.17, 15) is 4.79 Å². The van der Waals surface area contributed by atoms with E-state index in [0.717, 1.165) is 5.06 Å². The van der Waals surface area contributed by atoms with E-state index in [2.05, 4.69) is 4.84 Å². The van der Waals surface area contributed by atoms with Crippen molar-refractivity contribution >= 4 is 17.0 Å². The maximum atomic E-state index is 9.94. The largest absolute Gasteiger partial charge is 0.339 e. The van der Waals surface area contributed by atoms with Gasteiger partial charge in [-0.25, -0.2) is 5.06 Å². The van der Waals surface area contributed by atoms with E-state index in [1.807, 2.05) is 0 Å². The molecular weight excluding hydrogens is 117 g/mol. The number of hydroxylamine groups is 2. The molecule has 0 aliphatic rings. The molecule has 0 unspecified atom stereocenters. The molecule has 7 heavy (non-hydrogen) atoms. The molecule has 0 aliphatic carbocycles. The van der Waals surface area contributed by atoms with Crippen LogP contribution in [0.1, 0.15) is 0 Å². The molecule has 1 amide bonds. The third-order valence-corrected chi connectivity index (χ3v) is 0.759. The van der Waals surface area contributed by atoms with Crippen molar-refractivity contribution in [2.45, 2.75) is 0 Å². The number of hydrogen-bond donors (Lipinski definition) is 0. The average Bonchev–Trinajstić information content (AvgIpc) is 1.65. The highest BCUT2D eigenvalue weighted by atomic mass is 35.5. The Morgan fingerprint density at radius 2 is 2.29 bits per heavy atom. The fourth-order valence-corrected chi connectivity index (χ4v) is 0.141. The SMILES string of the molecule is CON(C)C(=O)Cl. The van der Waals surface area contributed by atoms with Crippen molar-refractivity contribution in [3.8, 4) is 0 Å². The van der Waals surface area contributed by atoms with Crippen molar-refractivity contribution in [1.82, 2.24) is 5.06 Å². The Bertz CT molecular complexity index is 75.3. The molecular formula is C3H6ClNO2. The summed E-state index contributed by atoms with van der Waals surface area (Å²) in [6.07, 6.45) is 0. The van der Waals surface area contributed by atoms with Gasteiger partial charge in [0.1, 0.15) is 0 Å². The van der Waals surface area contributed by atoms with Gasteiger partial charge in [-0.05, 0) is 11.6 Å². The quantitative estimate of drug-likeness (QED) is 0.294. The Kier molecular flexibility index (Phi) is 2.71. The molecule has 0 rings (SSSR count). The molecule has 4 heteroatoms. The van der Waals surface area contributed by atoms with E-state index in [4.69, 9.17) is 11.6 Å². The van der Waals surface area contributed by atoms with Gasteiger partial charge in [-0.15, -0.1) is 0 Å². The van der Waals surface area contributed by atoms with Crippen LogP contribution in [0.2, 0.25) is 0 Å². The number of amides is 1. The van der Waals surface area contributed by atoms with Crippen LogP contribution in [-0.4, -0.2) is 24.6 Å². The summed E-state index contributed by atoms with van der Waals surface area (Å²) < 4.78 is 0. The summed E-state index contributed by atoms with van der Waals surface area (Å²) in [6.45, 7) is 0. The predicted octanol–water partition coefficient (Wildman–Crippen LogP) is 0.838. The first kappa shape index (κ1) is 6.72. The highest BCUT2D eigenvalue weighted by Gasteiger charge is 1.98.